The van der Waals surface area contributed by atoms with Gasteiger partial charge in [-0.15, -0.1) is 0 Å². The quantitative estimate of drug-likeness (QED) is 0.704. The van der Waals surface area contributed by atoms with Crippen LogP contribution in [0.5, 0.6) is 11.5 Å². The number of para-hydroxylation sites is 1. The lowest BCUT2D eigenvalue weighted by molar-refractivity contribution is -0.145. The van der Waals surface area contributed by atoms with E-state index in [-0.39, 0.29) is 0 Å². The highest BCUT2D eigenvalue weighted by molar-refractivity contribution is 6.42. The molecule has 0 aromatic heterocycles. The van der Waals surface area contributed by atoms with E-state index in [4.69, 9.17) is 32.7 Å². The highest BCUT2D eigenvalue weighted by Gasteiger charge is 2.37. The molecule has 1 aliphatic rings. The summed E-state index contributed by atoms with van der Waals surface area (Å²) in [5.41, 5.74) is 1.54. The number of aliphatic carboxylic acids is 1. The van der Waals surface area contributed by atoms with Crippen LogP contribution in [0.3, 0.4) is 0 Å². The van der Waals surface area contributed by atoms with E-state index in [1.54, 1.807) is 20.3 Å². The topological polar surface area (TPSA) is 59.0 Å². The van der Waals surface area contributed by atoms with Crippen LogP contribution in [-0.4, -0.2) is 42.8 Å². The van der Waals surface area contributed by atoms with Crippen LogP contribution in [0.25, 0.3) is 0 Å². The Labute approximate surface area is 174 Å². The first-order chi connectivity index (χ1) is 13.5. The van der Waals surface area contributed by atoms with Crippen molar-refractivity contribution in [2.45, 2.75) is 31.3 Å². The molecule has 1 saturated heterocycles. The summed E-state index contributed by atoms with van der Waals surface area (Å²) >= 11 is 12.9. The standard InChI is InChI=1S/C21H23Cl2NO4/c1-27-17-11-6-8-14(20(17)28-2)19(13-7-5-9-15(22)18(13)23)24-12-4-3-10-16(24)21(25)26/h5-9,11,16,19H,3-4,10,12H2,1-2H3,(H,25,26). The van der Waals surface area contributed by atoms with Crippen molar-refractivity contribution in [3.05, 3.63) is 57.6 Å². The molecule has 0 radical (unpaired) electrons. The summed E-state index contributed by atoms with van der Waals surface area (Å²) in [7, 11) is 3.15. The Hall–Kier alpha value is -1.95. The maximum Gasteiger partial charge on any atom is 0.320 e. The van der Waals surface area contributed by atoms with Crippen LogP contribution in [0.15, 0.2) is 36.4 Å². The Morgan fingerprint density at radius 3 is 2.50 bits per heavy atom. The zero-order valence-electron chi connectivity index (χ0n) is 15.8. The fourth-order valence-electron chi connectivity index (χ4n) is 3.91. The molecule has 1 aliphatic heterocycles. The first-order valence-corrected chi connectivity index (χ1v) is 9.88. The van der Waals surface area contributed by atoms with Crippen molar-refractivity contribution in [3.63, 3.8) is 0 Å². The Balaban J connectivity index is 2.24. The summed E-state index contributed by atoms with van der Waals surface area (Å²) < 4.78 is 11.1. The predicted octanol–water partition coefficient (Wildman–Crippen LogP) is 5.04. The molecular formula is C21H23Cl2NO4. The lowest BCUT2D eigenvalue weighted by Crippen LogP contribution is -2.47. The van der Waals surface area contributed by atoms with Crippen LogP contribution < -0.4 is 9.47 Å². The van der Waals surface area contributed by atoms with E-state index < -0.39 is 18.1 Å². The number of likely N-dealkylation sites (tertiary alicyclic amines) is 1. The van der Waals surface area contributed by atoms with Gasteiger partial charge in [-0.3, -0.25) is 9.69 Å². The minimum absolute atomic E-state index is 0.411. The van der Waals surface area contributed by atoms with Gasteiger partial charge in [-0.25, -0.2) is 0 Å². The van der Waals surface area contributed by atoms with Gasteiger partial charge in [0.25, 0.3) is 0 Å². The first-order valence-electron chi connectivity index (χ1n) is 9.13. The molecule has 7 heteroatoms. The lowest BCUT2D eigenvalue weighted by atomic mass is 9.91. The molecule has 1 fully saturated rings. The molecule has 0 aliphatic carbocycles. The largest absolute Gasteiger partial charge is 0.493 e. The number of carbonyl (C=O) groups is 1. The third kappa shape index (κ3) is 3.93. The van der Waals surface area contributed by atoms with Crippen molar-refractivity contribution >= 4 is 29.2 Å². The molecule has 0 amide bonds. The summed E-state index contributed by atoms with van der Waals surface area (Å²) in [5, 5.41) is 10.7. The van der Waals surface area contributed by atoms with Gasteiger partial charge < -0.3 is 14.6 Å². The summed E-state index contributed by atoms with van der Waals surface area (Å²) in [4.78, 5) is 14.0. The molecule has 0 spiro atoms. The second kappa shape index (κ2) is 9.03. The van der Waals surface area contributed by atoms with Crippen molar-refractivity contribution in [2.75, 3.05) is 20.8 Å². The van der Waals surface area contributed by atoms with E-state index in [2.05, 4.69) is 0 Å². The monoisotopic (exact) mass is 423 g/mol. The minimum Gasteiger partial charge on any atom is -0.493 e. The number of ether oxygens (including phenoxy) is 2. The van der Waals surface area contributed by atoms with Crippen molar-refractivity contribution < 1.29 is 19.4 Å². The number of hydrogen-bond acceptors (Lipinski definition) is 4. The molecule has 5 nitrogen and oxygen atoms in total. The van der Waals surface area contributed by atoms with Crippen molar-refractivity contribution in [1.82, 2.24) is 4.90 Å². The van der Waals surface area contributed by atoms with E-state index in [0.717, 1.165) is 24.0 Å². The molecule has 2 atom stereocenters. The van der Waals surface area contributed by atoms with Gasteiger partial charge >= 0.3 is 5.97 Å². The van der Waals surface area contributed by atoms with Gasteiger partial charge in [0.1, 0.15) is 6.04 Å². The van der Waals surface area contributed by atoms with E-state index in [0.29, 0.717) is 34.5 Å². The fraction of sp³-hybridized carbons (Fsp3) is 0.381. The Morgan fingerprint density at radius 1 is 1.11 bits per heavy atom. The normalized spacial score (nSPS) is 18.5. The third-order valence-corrected chi connectivity index (χ3v) is 6.00. The van der Waals surface area contributed by atoms with E-state index in [1.165, 1.54) is 0 Å². The van der Waals surface area contributed by atoms with Crippen molar-refractivity contribution in [3.8, 4) is 11.5 Å². The van der Waals surface area contributed by atoms with Crippen molar-refractivity contribution in [1.29, 1.82) is 0 Å². The van der Waals surface area contributed by atoms with Gasteiger partial charge in [0.05, 0.1) is 30.3 Å². The van der Waals surface area contributed by atoms with Crippen LogP contribution in [0.1, 0.15) is 36.4 Å². The lowest BCUT2D eigenvalue weighted by Gasteiger charge is -2.40. The highest BCUT2D eigenvalue weighted by Crippen LogP contribution is 2.45. The van der Waals surface area contributed by atoms with Gasteiger partial charge in [-0.1, -0.05) is 53.9 Å². The van der Waals surface area contributed by atoms with Gasteiger partial charge in [0.2, 0.25) is 0 Å². The number of carboxylic acids is 1. The number of carboxylic acid groups (broad SMARTS) is 1. The molecule has 2 aromatic carbocycles. The summed E-state index contributed by atoms with van der Waals surface area (Å²) in [6, 6.07) is 9.96. The number of benzene rings is 2. The zero-order valence-corrected chi connectivity index (χ0v) is 17.3. The second-order valence-electron chi connectivity index (χ2n) is 6.72. The molecule has 1 N–H and O–H groups in total. The SMILES string of the molecule is COc1cccc(C(c2cccc(Cl)c2Cl)N2CCCCC2C(=O)O)c1OC. The Kier molecular flexibility index (Phi) is 6.70. The molecule has 1 heterocycles. The predicted molar refractivity (Wildman–Crippen MR) is 110 cm³/mol. The first kappa shape index (κ1) is 20.8. The maximum absolute atomic E-state index is 12.0. The molecule has 3 rings (SSSR count). The second-order valence-corrected chi connectivity index (χ2v) is 7.50. The van der Waals surface area contributed by atoms with Gasteiger partial charge in [0.15, 0.2) is 11.5 Å². The van der Waals surface area contributed by atoms with E-state index >= 15 is 0 Å². The summed E-state index contributed by atoms with van der Waals surface area (Å²) in [6.07, 6.45) is 2.36. The third-order valence-electron chi connectivity index (χ3n) is 5.16. The molecule has 28 heavy (non-hydrogen) atoms. The van der Waals surface area contributed by atoms with Crippen LogP contribution in [-0.2, 0) is 4.79 Å². The van der Waals surface area contributed by atoms with Crippen LogP contribution in [0.4, 0.5) is 0 Å². The Bertz CT molecular complexity index is 858. The summed E-state index contributed by atoms with van der Waals surface area (Å²) in [6.45, 7) is 0.630. The average molecular weight is 424 g/mol. The number of methoxy groups -OCH3 is 2. The number of halogens is 2. The summed E-state index contributed by atoms with van der Waals surface area (Å²) in [5.74, 6) is 0.289. The molecule has 0 bridgehead atoms. The van der Waals surface area contributed by atoms with Crippen LogP contribution in [0, 0.1) is 0 Å². The fourth-order valence-corrected chi connectivity index (χ4v) is 4.32. The molecule has 2 aromatic rings. The van der Waals surface area contributed by atoms with Gasteiger partial charge in [-0.2, -0.15) is 0 Å². The number of hydrogen-bond donors (Lipinski definition) is 1. The number of piperidine rings is 1. The van der Waals surface area contributed by atoms with E-state index in [9.17, 15) is 9.90 Å². The zero-order chi connectivity index (χ0) is 20.3. The number of nitrogens with zero attached hydrogens (tertiary/aromatic N) is 1. The van der Waals surface area contributed by atoms with Crippen LogP contribution >= 0.6 is 23.2 Å². The van der Waals surface area contributed by atoms with Crippen molar-refractivity contribution in [2.24, 2.45) is 0 Å². The minimum atomic E-state index is -0.843. The van der Waals surface area contributed by atoms with E-state index in [1.807, 2.05) is 35.2 Å². The molecule has 0 saturated carbocycles. The van der Waals surface area contributed by atoms with Gasteiger partial charge in [-0.05, 0) is 37.1 Å². The maximum atomic E-state index is 12.0. The molecule has 150 valence electrons. The van der Waals surface area contributed by atoms with Gasteiger partial charge in [0, 0.05) is 5.56 Å². The van der Waals surface area contributed by atoms with Crippen LogP contribution in [0.2, 0.25) is 10.0 Å². The smallest absolute Gasteiger partial charge is 0.320 e. The molecule has 2 unspecified atom stereocenters. The number of rotatable bonds is 6. The highest BCUT2D eigenvalue weighted by atomic mass is 35.5. The average Bonchev–Trinajstić information content (AvgIpc) is 2.71. The molecular weight excluding hydrogens is 401 g/mol. The Morgan fingerprint density at radius 2 is 1.82 bits per heavy atom.